The largest absolute Gasteiger partial charge is 0.480 e. The van der Waals surface area contributed by atoms with E-state index in [1.807, 2.05) is 0 Å². The lowest BCUT2D eigenvalue weighted by atomic mass is 10.0. The molecule has 1 aromatic rings. The Balaban J connectivity index is 2.82. The van der Waals surface area contributed by atoms with Gasteiger partial charge in [-0.05, 0) is 70.5 Å². The van der Waals surface area contributed by atoms with Gasteiger partial charge in [0.25, 0.3) is 0 Å². The van der Waals surface area contributed by atoms with Crippen LogP contribution in [0.2, 0.25) is 0 Å². The first-order chi connectivity index (χ1) is 26.0. The van der Waals surface area contributed by atoms with Crippen molar-refractivity contribution in [2.45, 2.75) is 179 Å². The highest BCUT2D eigenvalue weighted by Gasteiger charge is 2.33. The summed E-state index contributed by atoms with van der Waals surface area (Å²) < 4.78 is 0. The van der Waals surface area contributed by atoms with Gasteiger partial charge in [0, 0.05) is 12.8 Å². The molecule has 0 aliphatic heterocycles. The summed E-state index contributed by atoms with van der Waals surface area (Å²) in [4.78, 5) is 65.4. The molecular formula is C41H72N6O7. The zero-order valence-corrected chi connectivity index (χ0v) is 33.1. The van der Waals surface area contributed by atoms with Crippen molar-refractivity contribution in [1.82, 2.24) is 21.3 Å². The van der Waals surface area contributed by atoms with Gasteiger partial charge >= 0.3 is 5.97 Å². The minimum Gasteiger partial charge on any atom is -0.480 e. The van der Waals surface area contributed by atoms with Crippen molar-refractivity contribution in [3.63, 3.8) is 0 Å². The molecule has 13 nitrogen and oxygen atoms in total. The Labute approximate surface area is 323 Å². The molecule has 308 valence electrons. The van der Waals surface area contributed by atoms with Crippen LogP contribution in [0, 0.1) is 0 Å². The van der Waals surface area contributed by atoms with E-state index in [9.17, 15) is 34.2 Å². The van der Waals surface area contributed by atoms with Crippen LogP contribution in [0.4, 0.5) is 0 Å². The molecular weight excluding hydrogens is 688 g/mol. The third kappa shape index (κ3) is 22.6. The molecule has 1 aromatic carbocycles. The summed E-state index contributed by atoms with van der Waals surface area (Å²) in [6.45, 7) is 4.38. The van der Waals surface area contributed by atoms with Gasteiger partial charge in [-0.25, -0.2) is 4.79 Å². The average molecular weight is 761 g/mol. The molecule has 0 fully saturated rings. The second-order valence-corrected chi connectivity index (χ2v) is 14.6. The van der Waals surface area contributed by atoms with Gasteiger partial charge in [0.15, 0.2) is 0 Å². The van der Waals surface area contributed by atoms with E-state index in [1.54, 1.807) is 30.3 Å². The van der Waals surface area contributed by atoms with Crippen molar-refractivity contribution < 1.29 is 34.2 Å². The van der Waals surface area contributed by atoms with E-state index in [1.165, 1.54) is 64.7 Å². The topological polar surface area (TPSA) is 226 Å². The summed E-state index contributed by atoms with van der Waals surface area (Å²) in [5.41, 5.74) is 11.9. The lowest BCUT2D eigenvalue weighted by molar-refractivity contribution is -0.142. The molecule has 5 atom stereocenters. The molecule has 1 rings (SSSR count). The molecule has 0 aliphatic carbocycles. The number of carboxylic acid groups (broad SMARTS) is 1. The van der Waals surface area contributed by atoms with Crippen molar-refractivity contribution >= 4 is 29.6 Å². The van der Waals surface area contributed by atoms with Gasteiger partial charge in [-0.2, -0.15) is 0 Å². The number of nitrogens with two attached hydrogens (primary N) is 2. The summed E-state index contributed by atoms with van der Waals surface area (Å²) >= 11 is 0. The number of amides is 4. The highest BCUT2D eigenvalue weighted by molar-refractivity contribution is 5.95. The average Bonchev–Trinajstić information content (AvgIpc) is 3.14. The molecule has 0 spiro atoms. The molecule has 0 saturated carbocycles. The SMILES string of the molecule is CCCCCCCCCCCCCCCC(=O)N[C@@H](CCCCN)C(=O)N[C@H](C(=O)N[C@@H](Cc1ccccc1)C(=O)N[C@@H](CCCCN)C(=O)O)[C@@H](C)O. The second kappa shape index (κ2) is 30.7. The van der Waals surface area contributed by atoms with Crippen molar-refractivity contribution in [2.24, 2.45) is 11.5 Å². The molecule has 0 bridgehead atoms. The minimum atomic E-state index is -1.46. The van der Waals surface area contributed by atoms with E-state index in [0.717, 1.165) is 19.3 Å². The fourth-order valence-corrected chi connectivity index (χ4v) is 6.33. The minimum absolute atomic E-state index is 0.0327. The van der Waals surface area contributed by atoms with Gasteiger partial charge in [0.05, 0.1) is 6.10 Å². The number of aliphatic carboxylic acids is 1. The van der Waals surface area contributed by atoms with Gasteiger partial charge in [0.1, 0.15) is 24.2 Å². The first kappa shape index (κ1) is 48.5. The third-order valence-corrected chi connectivity index (χ3v) is 9.65. The van der Waals surface area contributed by atoms with Crippen LogP contribution in [0.1, 0.15) is 148 Å². The van der Waals surface area contributed by atoms with Gasteiger partial charge in [-0.15, -0.1) is 0 Å². The number of carbonyl (C=O) groups excluding carboxylic acids is 4. The van der Waals surface area contributed by atoms with E-state index < -0.39 is 54.0 Å². The summed E-state index contributed by atoms with van der Waals surface area (Å²) in [5.74, 6) is -3.66. The van der Waals surface area contributed by atoms with E-state index >= 15 is 0 Å². The normalized spacial score (nSPS) is 13.9. The van der Waals surface area contributed by atoms with Gasteiger partial charge in [-0.1, -0.05) is 114 Å². The Morgan fingerprint density at radius 2 is 1.07 bits per heavy atom. The molecule has 0 heterocycles. The van der Waals surface area contributed by atoms with Crippen LogP contribution in [0.15, 0.2) is 30.3 Å². The van der Waals surface area contributed by atoms with Gasteiger partial charge < -0.3 is 42.9 Å². The standard InChI is InChI=1S/C41H72N6O7/c1-3-4-5-6-7-8-9-10-11-12-13-14-18-27-36(49)44-33(25-19-21-28-42)38(50)47-37(31(2)48)40(52)46-35(30-32-23-16-15-17-24-32)39(51)45-34(41(53)54)26-20-22-29-43/h15-17,23-24,31,33-35,37,48H,3-14,18-22,25-30,42-43H2,1-2H3,(H,44,49)(H,45,51)(H,46,52)(H,47,50)(H,53,54)/t31-,33+,34+,35+,37+/m1/s1. The van der Waals surface area contributed by atoms with E-state index in [2.05, 4.69) is 28.2 Å². The molecule has 54 heavy (non-hydrogen) atoms. The summed E-state index contributed by atoms with van der Waals surface area (Å²) in [7, 11) is 0. The molecule has 0 radical (unpaired) electrons. The number of hydrogen-bond acceptors (Lipinski definition) is 8. The number of hydrogen-bond donors (Lipinski definition) is 8. The highest BCUT2D eigenvalue weighted by atomic mass is 16.4. The molecule has 10 N–H and O–H groups in total. The predicted octanol–water partition coefficient (Wildman–Crippen LogP) is 4.37. The number of nitrogens with one attached hydrogen (secondary N) is 4. The van der Waals surface area contributed by atoms with Crippen LogP contribution in [-0.4, -0.2) is 83.2 Å². The van der Waals surface area contributed by atoms with Gasteiger partial charge in [-0.3, -0.25) is 19.2 Å². The number of rotatable bonds is 33. The van der Waals surface area contributed by atoms with E-state index in [-0.39, 0.29) is 25.2 Å². The lowest BCUT2D eigenvalue weighted by Gasteiger charge is -2.27. The van der Waals surface area contributed by atoms with Crippen molar-refractivity contribution in [1.29, 1.82) is 0 Å². The maximum atomic E-state index is 13.6. The van der Waals surface area contributed by atoms with Crippen LogP contribution < -0.4 is 32.7 Å². The van der Waals surface area contributed by atoms with Crippen LogP contribution in [-0.2, 0) is 30.4 Å². The number of aliphatic hydroxyl groups excluding tert-OH is 1. The Bertz CT molecular complexity index is 1190. The van der Waals surface area contributed by atoms with Gasteiger partial charge in [0.2, 0.25) is 23.6 Å². The lowest BCUT2D eigenvalue weighted by Crippen LogP contribution is -2.60. The molecule has 13 heteroatoms. The number of unbranched alkanes of at least 4 members (excludes halogenated alkanes) is 14. The summed E-state index contributed by atoms with van der Waals surface area (Å²) in [5, 5.41) is 30.9. The monoisotopic (exact) mass is 761 g/mol. The summed E-state index contributed by atoms with van der Waals surface area (Å²) in [6, 6.07) is 4.07. The molecule has 0 aromatic heterocycles. The highest BCUT2D eigenvalue weighted by Crippen LogP contribution is 2.14. The zero-order chi connectivity index (χ0) is 40.0. The fraction of sp³-hybridized carbons (Fsp3) is 0.732. The van der Waals surface area contributed by atoms with Crippen molar-refractivity contribution in [3.8, 4) is 0 Å². The van der Waals surface area contributed by atoms with E-state index in [4.69, 9.17) is 11.5 Å². The van der Waals surface area contributed by atoms with Crippen LogP contribution >= 0.6 is 0 Å². The first-order valence-electron chi connectivity index (χ1n) is 20.6. The predicted molar refractivity (Wildman–Crippen MR) is 213 cm³/mol. The zero-order valence-electron chi connectivity index (χ0n) is 33.1. The first-order valence-corrected chi connectivity index (χ1v) is 20.6. The number of benzene rings is 1. The Morgan fingerprint density at radius 3 is 1.57 bits per heavy atom. The number of carbonyl (C=O) groups is 5. The van der Waals surface area contributed by atoms with Crippen LogP contribution in [0.3, 0.4) is 0 Å². The quantitative estimate of drug-likeness (QED) is 0.0476. The molecule has 4 amide bonds. The van der Waals surface area contributed by atoms with Crippen molar-refractivity contribution in [3.05, 3.63) is 35.9 Å². The molecule has 0 saturated heterocycles. The third-order valence-electron chi connectivity index (χ3n) is 9.65. The Kier molecular flexibility index (Phi) is 27.6. The van der Waals surface area contributed by atoms with E-state index in [0.29, 0.717) is 57.2 Å². The summed E-state index contributed by atoms with van der Waals surface area (Å²) in [6.07, 6.45) is 17.2. The number of aliphatic hydroxyl groups is 1. The van der Waals surface area contributed by atoms with Crippen LogP contribution in [0.5, 0.6) is 0 Å². The molecule has 0 unspecified atom stereocenters. The maximum Gasteiger partial charge on any atom is 0.326 e. The molecule has 0 aliphatic rings. The fourth-order valence-electron chi connectivity index (χ4n) is 6.33. The maximum absolute atomic E-state index is 13.6. The smallest absolute Gasteiger partial charge is 0.326 e. The second-order valence-electron chi connectivity index (χ2n) is 14.6. The Morgan fingerprint density at radius 1 is 0.593 bits per heavy atom. The number of carboxylic acids is 1. The van der Waals surface area contributed by atoms with Crippen molar-refractivity contribution in [2.75, 3.05) is 13.1 Å². The Hall–Kier alpha value is -3.55. The van der Waals surface area contributed by atoms with Crippen LogP contribution in [0.25, 0.3) is 0 Å².